The minimum absolute atomic E-state index is 0.0629. The van der Waals surface area contributed by atoms with E-state index in [0.717, 1.165) is 12.8 Å². The van der Waals surface area contributed by atoms with Crippen LogP contribution in [0.5, 0.6) is 0 Å². The summed E-state index contributed by atoms with van der Waals surface area (Å²) in [5, 5.41) is 5.20. The van der Waals surface area contributed by atoms with E-state index in [1.807, 2.05) is 0 Å². The lowest BCUT2D eigenvalue weighted by atomic mass is 9.34. The molecule has 0 unspecified atom stereocenters. The summed E-state index contributed by atoms with van der Waals surface area (Å²) in [6, 6.07) is 54.1. The molecule has 0 spiro atoms. The molecular weight excluding hydrogens is 563 g/mol. The molecule has 0 nitrogen and oxygen atoms in total. The number of hydrogen-bond acceptors (Lipinski definition) is 0. The fraction of sp³-hybridized carbons (Fsp3) is 0.0870. The Morgan fingerprint density at radius 3 is 1.66 bits per heavy atom. The molecule has 0 aliphatic heterocycles. The van der Waals surface area contributed by atoms with Crippen LogP contribution in [0.15, 0.2) is 164 Å². The number of hydrogen-bond donors (Lipinski definition) is 0. The summed E-state index contributed by atoms with van der Waals surface area (Å²) in [4.78, 5) is 0. The molecule has 0 aromatic heterocycles. The summed E-state index contributed by atoms with van der Waals surface area (Å²) in [6.45, 7) is 4.62. The average Bonchev–Trinajstić information content (AvgIpc) is 3.14. The van der Waals surface area contributed by atoms with Gasteiger partial charge in [-0.15, -0.1) is 0 Å². The molecule has 8 rings (SSSR count). The molecule has 0 fully saturated rings. The van der Waals surface area contributed by atoms with Crippen molar-refractivity contribution < 1.29 is 0 Å². The quantitative estimate of drug-likeness (QED) is 0.167. The van der Waals surface area contributed by atoms with Crippen LogP contribution in [0.2, 0.25) is 0 Å². The highest BCUT2D eigenvalue weighted by Crippen LogP contribution is 2.33. The third-order valence-electron chi connectivity index (χ3n) is 9.88. The molecule has 0 saturated heterocycles. The van der Waals surface area contributed by atoms with E-state index in [1.54, 1.807) is 0 Å². The van der Waals surface area contributed by atoms with Crippen LogP contribution in [0.3, 0.4) is 0 Å². The fourth-order valence-electron chi connectivity index (χ4n) is 7.54. The van der Waals surface area contributed by atoms with Crippen molar-refractivity contribution in [3.8, 4) is 22.3 Å². The first-order valence-electron chi connectivity index (χ1n) is 16.8. The Balaban J connectivity index is 1.38. The Hall–Kier alpha value is -5.40. The van der Waals surface area contributed by atoms with Crippen molar-refractivity contribution >= 4 is 50.2 Å². The van der Waals surface area contributed by atoms with Gasteiger partial charge >= 0.3 is 0 Å². The van der Waals surface area contributed by atoms with Crippen molar-refractivity contribution in [2.24, 2.45) is 0 Å². The standard InChI is InChI=1S/C46H37B/c1-32-24-26-36-18-9-11-22-43(36)45(32)47(46-33(2)25-27-37-19-10-12-23-44(37)46)42-21-13-20-38(31-42)41-29-39(34-14-5-3-6-15-34)28-40(30-41)35-16-7-4-8-17-35/h3,5-7,9-31H,4,8H2,1-2H3. The summed E-state index contributed by atoms with van der Waals surface area (Å²) in [7, 11) is 0. The molecule has 0 saturated carbocycles. The van der Waals surface area contributed by atoms with Gasteiger partial charge in [0.15, 0.2) is 0 Å². The Morgan fingerprint density at radius 2 is 1.02 bits per heavy atom. The summed E-state index contributed by atoms with van der Waals surface area (Å²) in [5.41, 5.74) is 14.3. The molecule has 1 heteroatoms. The van der Waals surface area contributed by atoms with Gasteiger partial charge in [0.05, 0.1) is 0 Å². The van der Waals surface area contributed by atoms with Gasteiger partial charge in [0.1, 0.15) is 0 Å². The third kappa shape index (κ3) is 5.53. The van der Waals surface area contributed by atoms with E-state index in [1.165, 1.54) is 82.5 Å². The largest absolute Gasteiger partial charge is 0.243 e. The molecule has 47 heavy (non-hydrogen) atoms. The van der Waals surface area contributed by atoms with E-state index in [0.29, 0.717) is 0 Å². The van der Waals surface area contributed by atoms with Crippen molar-refractivity contribution in [2.75, 3.05) is 0 Å². The van der Waals surface area contributed by atoms with Crippen LogP contribution in [-0.2, 0) is 0 Å². The van der Waals surface area contributed by atoms with E-state index >= 15 is 0 Å². The summed E-state index contributed by atoms with van der Waals surface area (Å²) in [6.07, 6.45) is 9.17. The minimum atomic E-state index is 0.0629. The number of allylic oxidation sites excluding steroid dienone is 4. The number of aryl methyl sites for hydroxylation is 2. The second kappa shape index (κ2) is 12.4. The maximum absolute atomic E-state index is 2.45. The third-order valence-corrected chi connectivity index (χ3v) is 9.88. The Labute approximate surface area is 278 Å². The highest BCUT2D eigenvalue weighted by Gasteiger charge is 2.29. The number of fused-ring (bicyclic) bond motifs is 2. The zero-order chi connectivity index (χ0) is 31.7. The van der Waals surface area contributed by atoms with E-state index in [9.17, 15) is 0 Å². The molecule has 0 bridgehead atoms. The smallest absolute Gasteiger partial charge is 0.0836 e. The van der Waals surface area contributed by atoms with Gasteiger partial charge in [0.2, 0.25) is 6.71 Å². The Morgan fingerprint density at radius 1 is 0.447 bits per heavy atom. The van der Waals surface area contributed by atoms with Gasteiger partial charge in [-0.2, -0.15) is 0 Å². The predicted octanol–water partition coefficient (Wildman–Crippen LogP) is 10.2. The maximum atomic E-state index is 2.45. The van der Waals surface area contributed by atoms with E-state index in [-0.39, 0.29) is 6.71 Å². The molecule has 0 N–H and O–H groups in total. The van der Waals surface area contributed by atoms with Crippen LogP contribution in [0.4, 0.5) is 0 Å². The maximum Gasteiger partial charge on any atom is 0.243 e. The van der Waals surface area contributed by atoms with E-state index in [4.69, 9.17) is 0 Å². The topological polar surface area (TPSA) is 0 Å². The van der Waals surface area contributed by atoms with Crippen LogP contribution in [0.25, 0.3) is 49.4 Å². The monoisotopic (exact) mass is 600 g/mol. The molecule has 224 valence electrons. The van der Waals surface area contributed by atoms with Crippen LogP contribution in [0.1, 0.15) is 29.5 Å². The van der Waals surface area contributed by atoms with E-state index in [2.05, 4.69) is 178 Å². The van der Waals surface area contributed by atoms with Gasteiger partial charge in [-0.05, 0) is 99.8 Å². The number of rotatable bonds is 6. The van der Waals surface area contributed by atoms with Gasteiger partial charge in [-0.25, -0.2) is 0 Å². The SMILES string of the molecule is Cc1ccc2ccccc2c1B(c1cccc(-c2cc(C3=CCCC=C3)cc(-c3ccccc3)c2)c1)c1c(C)ccc2ccccc12. The predicted molar refractivity (Wildman–Crippen MR) is 206 cm³/mol. The normalized spacial score (nSPS) is 12.8. The minimum Gasteiger partial charge on any atom is -0.0836 e. The lowest BCUT2D eigenvalue weighted by Gasteiger charge is -2.24. The van der Waals surface area contributed by atoms with Gasteiger partial charge < -0.3 is 0 Å². The first-order valence-corrected chi connectivity index (χ1v) is 16.8. The second-order valence-electron chi connectivity index (χ2n) is 12.9. The summed E-state index contributed by atoms with van der Waals surface area (Å²) in [5.74, 6) is 0. The molecule has 0 atom stereocenters. The molecule has 7 aromatic rings. The first kappa shape index (κ1) is 29.0. The van der Waals surface area contributed by atoms with Crippen molar-refractivity contribution in [3.63, 3.8) is 0 Å². The van der Waals surface area contributed by atoms with Crippen LogP contribution in [-0.4, -0.2) is 6.71 Å². The summed E-state index contributed by atoms with van der Waals surface area (Å²) < 4.78 is 0. The summed E-state index contributed by atoms with van der Waals surface area (Å²) >= 11 is 0. The number of benzene rings is 7. The first-order chi connectivity index (χ1) is 23.1. The van der Waals surface area contributed by atoms with Gasteiger partial charge in [-0.3, -0.25) is 0 Å². The lowest BCUT2D eigenvalue weighted by Crippen LogP contribution is -2.54. The average molecular weight is 601 g/mol. The Kier molecular flexibility index (Phi) is 7.67. The lowest BCUT2D eigenvalue weighted by molar-refractivity contribution is 1.04. The second-order valence-corrected chi connectivity index (χ2v) is 12.9. The molecule has 1 aliphatic carbocycles. The van der Waals surface area contributed by atoms with E-state index < -0.39 is 0 Å². The Bertz CT molecular complexity index is 2240. The molecule has 7 aromatic carbocycles. The molecule has 0 amide bonds. The molecule has 0 radical (unpaired) electrons. The van der Waals surface area contributed by atoms with Gasteiger partial charge in [0.25, 0.3) is 0 Å². The zero-order valence-corrected chi connectivity index (χ0v) is 27.1. The van der Waals surface area contributed by atoms with Crippen LogP contribution in [0, 0.1) is 13.8 Å². The van der Waals surface area contributed by atoms with Crippen molar-refractivity contribution in [1.82, 2.24) is 0 Å². The van der Waals surface area contributed by atoms with Crippen LogP contribution >= 0.6 is 0 Å². The van der Waals surface area contributed by atoms with Gasteiger partial charge in [0, 0.05) is 0 Å². The van der Waals surface area contributed by atoms with Gasteiger partial charge in [-0.1, -0.05) is 173 Å². The fourth-order valence-corrected chi connectivity index (χ4v) is 7.54. The van der Waals surface area contributed by atoms with Crippen molar-refractivity contribution in [2.45, 2.75) is 26.7 Å². The molecule has 0 heterocycles. The van der Waals surface area contributed by atoms with Crippen LogP contribution < -0.4 is 16.4 Å². The van der Waals surface area contributed by atoms with Crippen molar-refractivity contribution in [1.29, 1.82) is 0 Å². The molecular formula is C46H37B. The highest BCUT2D eigenvalue weighted by molar-refractivity contribution is 6.98. The molecule has 1 aliphatic rings. The zero-order valence-electron chi connectivity index (χ0n) is 27.1. The van der Waals surface area contributed by atoms with Crippen molar-refractivity contribution in [3.05, 3.63) is 181 Å². The highest BCUT2D eigenvalue weighted by atomic mass is 14.2.